The number of oxazole rings is 1. The van der Waals surface area contributed by atoms with Gasteiger partial charge in [0.05, 0.1) is 29.0 Å². The lowest BCUT2D eigenvalue weighted by atomic mass is 10.1. The highest BCUT2D eigenvalue weighted by molar-refractivity contribution is 5.65. The average molecular weight is 412 g/mol. The summed E-state index contributed by atoms with van der Waals surface area (Å²) in [4.78, 5) is 9.27. The van der Waals surface area contributed by atoms with E-state index in [2.05, 4.69) is 38.5 Å². The number of halogens is 1. The van der Waals surface area contributed by atoms with Gasteiger partial charge in [-0.1, -0.05) is 11.3 Å². The minimum atomic E-state index is -0.244. The zero-order valence-corrected chi connectivity index (χ0v) is 16.9. The molecule has 1 aliphatic heterocycles. The van der Waals surface area contributed by atoms with Gasteiger partial charge in [0, 0.05) is 12.0 Å². The molecule has 0 fully saturated rings. The maximum Gasteiger partial charge on any atom is 0.247 e. The molecule has 0 radical (unpaired) electrons. The van der Waals surface area contributed by atoms with E-state index < -0.39 is 0 Å². The van der Waals surface area contributed by atoms with Crippen molar-refractivity contribution in [3.8, 4) is 34.2 Å². The Morgan fingerprint density at radius 1 is 1.06 bits per heavy atom. The lowest BCUT2D eigenvalue weighted by Crippen LogP contribution is -2.03. The zero-order valence-electron chi connectivity index (χ0n) is 16.9. The van der Waals surface area contributed by atoms with Gasteiger partial charge in [-0.3, -0.25) is 4.57 Å². The summed E-state index contributed by atoms with van der Waals surface area (Å²) in [5.41, 5.74) is 7.59. The number of imidazole rings is 1. The largest absolute Gasteiger partial charge is 0.443 e. The van der Waals surface area contributed by atoms with Gasteiger partial charge in [-0.2, -0.15) is 0 Å². The fourth-order valence-electron chi connectivity index (χ4n) is 4.01. The van der Waals surface area contributed by atoms with Crippen molar-refractivity contribution in [2.24, 2.45) is 0 Å². The molecule has 0 atom stereocenters. The van der Waals surface area contributed by atoms with Gasteiger partial charge in [0.1, 0.15) is 29.8 Å². The average Bonchev–Trinajstić information content (AvgIpc) is 3.49. The van der Waals surface area contributed by atoms with Gasteiger partial charge in [0.15, 0.2) is 0 Å². The van der Waals surface area contributed by atoms with Crippen molar-refractivity contribution in [3.05, 3.63) is 83.5 Å². The summed E-state index contributed by atoms with van der Waals surface area (Å²) < 4.78 is 23.3. The lowest BCUT2D eigenvalue weighted by Gasteiger charge is -2.10. The Labute approximate surface area is 176 Å². The van der Waals surface area contributed by atoms with Crippen LogP contribution in [0.4, 0.5) is 4.39 Å². The van der Waals surface area contributed by atoms with Crippen LogP contribution in [-0.2, 0) is 6.42 Å². The number of nitrogens with zero attached hydrogens (tertiary/aromatic N) is 6. The van der Waals surface area contributed by atoms with Gasteiger partial charge in [-0.25, -0.2) is 19.0 Å². The number of fused-ring (bicyclic) bond motifs is 5. The Kier molecular flexibility index (Phi) is 3.70. The monoisotopic (exact) mass is 412 g/mol. The van der Waals surface area contributed by atoms with Gasteiger partial charge in [0.25, 0.3) is 0 Å². The Morgan fingerprint density at radius 2 is 1.97 bits per heavy atom. The molecule has 7 nitrogen and oxygen atoms in total. The summed E-state index contributed by atoms with van der Waals surface area (Å²) in [5.74, 6) is 0.173. The van der Waals surface area contributed by atoms with Gasteiger partial charge in [-0.05, 0) is 55.3 Å². The molecule has 2 aromatic carbocycles. The second kappa shape index (κ2) is 6.46. The highest BCUT2D eigenvalue weighted by Gasteiger charge is 2.26. The van der Waals surface area contributed by atoms with E-state index in [0.29, 0.717) is 29.3 Å². The molecule has 5 aromatic rings. The fraction of sp³-hybridized carbons (Fsp3) is 0.130. The summed E-state index contributed by atoms with van der Waals surface area (Å²) in [6.45, 7) is 3.78. The van der Waals surface area contributed by atoms with Crippen LogP contribution in [0.25, 0.3) is 34.2 Å². The molecule has 6 rings (SSSR count). The molecule has 31 heavy (non-hydrogen) atoms. The second-order valence-electron chi connectivity index (χ2n) is 7.72. The Morgan fingerprint density at radius 3 is 2.84 bits per heavy atom. The first kappa shape index (κ1) is 17.8. The minimum Gasteiger partial charge on any atom is -0.443 e. The van der Waals surface area contributed by atoms with Crippen molar-refractivity contribution >= 4 is 0 Å². The molecule has 0 bridgehead atoms. The Bertz CT molecular complexity index is 1460. The molecule has 3 aromatic heterocycles. The molecule has 0 spiro atoms. The predicted octanol–water partition coefficient (Wildman–Crippen LogP) is 4.44. The zero-order chi connectivity index (χ0) is 21.1. The molecule has 1 aliphatic rings. The third-order valence-electron chi connectivity index (χ3n) is 5.61. The van der Waals surface area contributed by atoms with Crippen molar-refractivity contribution in [3.63, 3.8) is 0 Å². The molecular weight excluding hydrogens is 395 g/mol. The molecule has 4 heterocycles. The highest BCUT2D eigenvalue weighted by atomic mass is 19.1. The third kappa shape index (κ3) is 2.72. The van der Waals surface area contributed by atoms with Crippen molar-refractivity contribution < 1.29 is 8.81 Å². The number of hydrogen-bond acceptors (Lipinski definition) is 5. The summed E-state index contributed by atoms with van der Waals surface area (Å²) in [5, 5.41) is 8.39. The minimum absolute atomic E-state index is 0.244. The maximum absolute atomic E-state index is 13.6. The van der Waals surface area contributed by atoms with Crippen molar-refractivity contribution in [1.29, 1.82) is 0 Å². The first-order chi connectivity index (χ1) is 15.1. The second-order valence-corrected chi connectivity index (χ2v) is 7.72. The highest BCUT2D eigenvalue weighted by Crippen LogP contribution is 2.33. The molecule has 0 unspecified atom stereocenters. The van der Waals surface area contributed by atoms with Crippen LogP contribution in [0.5, 0.6) is 0 Å². The van der Waals surface area contributed by atoms with Crippen LogP contribution >= 0.6 is 0 Å². The molecule has 0 saturated carbocycles. The standard InChI is InChI=1S/C23H17FN6O/c1-13-3-6-19-20(7-13)30-16(10-26-28-30)9-21-22(25-12-29(19)21)23-27-18(11-31-23)15-4-5-17(24)14(2)8-15/h3-8,10-12H,9H2,1-2H3. The van der Waals surface area contributed by atoms with E-state index in [1.807, 2.05) is 16.2 Å². The molecule has 0 saturated heterocycles. The first-order valence-electron chi connectivity index (χ1n) is 9.88. The SMILES string of the molecule is Cc1ccc2c(c1)-n1nncc1Cc1c(-c3nc(-c4ccc(F)c(C)c4)co3)ncn1-2. The molecule has 8 heteroatoms. The van der Waals surface area contributed by atoms with Crippen LogP contribution in [-0.4, -0.2) is 29.5 Å². The summed E-state index contributed by atoms with van der Waals surface area (Å²) in [6, 6.07) is 11.1. The first-order valence-corrected chi connectivity index (χ1v) is 9.88. The van der Waals surface area contributed by atoms with E-state index >= 15 is 0 Å². The number of benzene rings is 2. The quantitative estimate of drug-likeness (QED) is 0.420. The Hall–Kier alpha value is -4.07. The molecular formula is C23H17FN6O. The maximum atomic E-state index is 13.6. The van der Waals surface area contributed by atoms with Crippen LogP contribution in [0.2, 0.25) is 0 Å². The Balaban J connectivity index is 1.49. The third-order valence-corrected chi connectivity index (χ3v) is 5.61. The van der Waals surface area contributed by atoms with E-state index in [0.717, 1.165) is 33.9 Å². The van der Waals surface area contributed by atoms with Crippen LogP contribution in [0.1, 0.15) is 22.5 Å². The predicted molar refractivity (Wildman–Crippen MR) is 112 cm³/mol. The summed E-state index contributed by atoms with van der Waals surface area (Å²) in [6.07, 6.45) is 5.70. The number of aryl methyl sites for hydroxylation is 2. The van der Waals surface area contributed by atoms with Crippen LogP contribution in [0, 0.1) is 19.7 Å². The van der Waals surface area contributed by atoms with E-state index in [-0.39, 0.29) is 5.82 Å². The van der Waals surface area contributed by atoms with E-state index in [1.54, 1.807) is 37.8 Å². The smallest absolute Gasteiger partial charge is 0.247 e. The summed E-state index contributed by atoms with van der Waals surface area (Å²) >= 11 is 0. The molecule has 152 valence electrons. The van der Waals surface area contributed by atoms with E-state index in [9.17, 15) is 4.39 Å². The molecule has 0 N–H and O–H groups in total. The van der Waals surface area contributed by atoms with Gasteiger partial charge < -0.3 is 4.42 Å². The normalized spacial score (nSPS) is 12.2. The van der Waals surface area contributed by atoms with Gasteiger partial charge in [0.2, 0.25) is 5.89 Å². The fourth-order valence-corrected chi connectivity index (χ4v) is 4.01. The van der Waals surface area contributed by atoms with Crippen molar-refractivity contribution in [2.45, 2.75) is 20.3 Å². The molecule has 0 aliphatic carbocycles. The number of rotatable bonds is 2. The van der Waals surface area contributed by atoms with Crippen molar-refractivity contribution in [1.82, 2.24) is 29.5 Å². The molecule has 0 amide bonds. The van der Waals surface area contributed by atoms with E-state index in [4.69, 9.17) is 4.42 Å². The van der Waals surface area contributed by atoms with E-state index in [1.165, 1.54) is 6.07 Å². The van der Waals surface area contributed by atoms with Crippen molar-refractivity contribution in [2.75, 3.05) is 0 Å². The van der Waals surface area contributed by atoms with Gasteiger partial charge >= 0.3 is 0 Å². The number of aromatic nitrogens is 6. The van der Waals surface area contributed by atoms with Crippen LogP contribution in [0.15, 0.2) is 59.6 Å². The van der Waals surface area contributed by atoms with Crippen LogP contribution < -0.4 is 0 Å². The topological polar surface area (TPSA) is 74.6 Å². The van der Waals surface area contributed by atoms with Gasteiger partial charge in [-0.15, -0.1) is 5.10 Å². The van der Waals surface area contributed by atoms with Crippen LogP contribution in [0.3, 0.4) is 0 Å². The summed E-state index contributed by atoms with van der Waals surface area (Å²) in [7, 11) is 0. The number of hydrogen-bond donors (Lipinski definition) is 0. The lowest BCUT2D eigenvalue weighted by molar-refractivity contribution is 0.572.